The van der Waals surface area contributed by atoms with Gasteiger partial charge in [0.1, 0.15) is 0 Å². The number of carbonyl (C=O) groups is 1. The first-order valence-corrected chi connectivity index (χ1v) is 2.52. The van der Waals surface area contributed by atoms with Gasteiger partial charge in [-0.3, -0.25) is 0 Å². The summed E-state index contributed by atoms with van der Waals surface area (Å²) in [5, 5.41) is 9.93. The van der Waals surface area contributed by atoms with Crippen molar-refractivity contribution >= 4 is 5.97 Å². The predicted molar refractivity (Wildman–Crippen MR) is 29.0 cm³/mol. The van der Waals surface area contributed by atoms with E-state index in [0.717, 1.165) is 0 Å². The van der Waals surface area contributed by atoms with Crippen LogP contribution in [0.15, 0.2) is 12.2 Å². The van der Waals surface area contributed by atoms with Crippen molar-refractivity contribution in [3.05, 3.63) is 12.2 Å². The summed E-state index contributed by atoms with van der Waals surface area (Å²) >= 11 is 0. The Morgan fingerprint density at radius 2 is 2.11 bits per heavy atom. The Hall–Kier alpha value is 0.210. The molecule has 0 aromatic heterocycles. The normalized spacial score (nSPS) is 12.7. The van der Waals surface area contributed by atoms with Crippen LogP contribution in [0.2, 0.25) is 0 Å². The molecule has 0 aliphatic heterocycles. The topological polar surface area (TPSA) is 40.1 Å². The molecule has 0 N–H and O–H groups in total. The minimum atomic E-state index is -1.02. The van der Waals surface area contributed by atoms with Crippen LogP contribution in [0.1, 0.15) is 13.8 Å². The second-order valence-corrected chi connectivity index (χ2v) is 1.63. The summed E-state index contributed by atoms with van der Waals surface area (Å²) in [5.74, 6) is -1.48. The smallest absolute Gasteiger partial charge is 0.550 e. The van der Waals surface area contributed by atoms with Crippen LogP contribution >= 0.6 is 0 Å². The molecule has 9 heavy (non-hydrogen) atoms. The largest absolute Gasteiger partial charge is 1.00 e. The molecule has 2 nitrogen and oxygen atoms in total. The maximum Gasteiger partial charge on any atom is 1.00 e. The third kappa shape index (κ3) is 6.09. The fraction of sp³-hybridized carbons (Fsp3) is 0.500. The average molecular weight is 136 g/mol. The van der Waals surface area contributed by atoms with Crippen molar-refractivity contribution in [1.29, 1.82) is 0 Å². The fourth-order valence-electron chi connectivity index (χ4n) is 0.367. The first-order chi connectivity index (χ1) is 3.68. The molecule has 1 unspecified atom stereocenters. The first-order valence-electron chi connectivity index (χ1n) is 2.52. The molecule has 3 heteroatoms. The summed E-state index contributed by atoms with van der Waals surface area (Å²) in [5.41, 5.74) is 0. The molecule has 46 valence electrons. The molecule has 0 aliphatic rings. The van der Waals surface area contributed by atoms with Crippen LogP contribution in [0.5, 0.6) is 0 Å². The maximum absolute atomic E-state index is 9.93. The van der Waals surface area contributed by atoms with Gasteiger partial charge in [0.05, 0.1) is 0 Å². The number of hydrogen-bond donors (Lipinski definition) is 0. The van der Waals surface area contributed by atoms with Crippen molar-refractivity contribution in [3.8, 4) is 0 Å². The zero-order valence-corrected chi connectivity index (χ0v) is 8.05. The standard InChI is InChI=1S/C6H10O2.Na/c1-3-4-5(2)6(7)8;/h3-5H,1-2H3,(H,7,8);/q;+1/p-1/b4-3+;. The predicted octanol–water partition coefficient (Wildman–Crippen LogP) is -3.05. The van der Waals surface area contributed by atoms with Gasteiger partial charge < -0.3 is 9.90 Å². The van der Waals surface area contributed by atoms with E-state index in [-0.39, 0.29) is 29.6 Å². The molecule has 0 rings (SSSR count). The van der Waals surface area contributed by atoms with E-state index in [2.05, 4.69) is 0 Å². The molecule has 0 saturated carbocycles. The molecular formula is C6H9NaO2. The maximum atomic E-state index is 9.93. The van der Waals surface area contributed by atoms with Crippen LogP contribution in [0.3, 0.4) is 0 Å². The van der Waals surface area contributed by atoms with Gasteiger partial charge in [-0.1, -0.05) is 19.1 Å². The van der Waals surface area contributed by atoms with Crippen molar-refractivity contribution in [2.45, 2.75) is 13.8 Å². The third-order valence-electron chi connectivity index (χ3n) is 0.853. The summed E-state index contributed by atoms with van der Waals surface area (Å²) in [4.78, 5) is 9.93. The number of allylic oxidation sites excluding steroid dienone is 1. The summed E-state index contributed by atoms with van der Waals surface area (Å²) in [6.07, 6.45) is 3.27. The van der Waals surface area contributed by atoms with Crippen molar-refractivity contribution in [2.24, 2.45) is 5.92 Å². The SMILES string of the molecule is C/C=C/C(C)C(=O)[O-].[Na+]. The van der Waals surface area contributed by atoms with Crippen LogP contribution in [0.4, 0.5) is 0 Å². The second-order valence-electron chi connectivity index (χ2n) is 1.63. The third-order valence-corrected chi connectivity index (χ3v) is 0.853. The Morgan fingerprint density at radius 3 is 2.22 bits per heavy atom. The van der Waals surface area contributed by atoms with E-state index in [0.29, 0.717) is 0 Å². The number of hydrogen-bond acceptors (Lipinski definition) is 2. The zero-order chi connectivity index (χ0) is 6.57. The van der Waals surface area contributed by atoms with Crippen LogP contribution in [-0.4, -0.2) is 5.97 Å². The molecule has 0 aromatic rings. The summed E-state index contributed by atoms with van der Waals surface area (Å²) < 4.78 is 0. The Labute approximate surface area is 77.2 Å². The second kappa shape index (κ2) is 6.33. The van der Waals surface area contributed by atoms with Crippen molar-refractivity contribution in [3.63, 3.8) is 0 Å². The Bertz CT molecular complexity index is 110. The van der Waals surface area contributed by atoms with E-state index in [1.807, 2.05) is 0 Å². The summed E-state index contributed by atoms with van der Waals surface area (Å²) in [6.45, 7) is 3.36. The molecule has 0 bridgehead atoms. The minimum absolute atomic E-state index is 0. The molecular weight excluding hydrogens is 127 g/mol. The number of carbonyl (C=O) groups excluding carboxylic acids is 1. The number of aliphatic carboxylic acids is 1. The fourth-order valence-corrected chi connectivity index (χ4v) is 0.367. The van der Waals surface area contributed by atoms with Gasteiger partial charge in [0, 0.05) is 11.9 Å². The van der Waals surface area contributed by atoms with E-state index in [1.165, 1.54) is 0 Å². The van der Waals surface area contributed by atoms with E-state index in [1.54, 1.807) is 26.0 Å². The van der Waals surface area contributed by atoms with E-state index in [4.69, 9.17) is 0 Å². The van der Waals surface area contributed by atoms with Gasteiger partial charge in [0.2, 0.25) is 0 Å². The van der Waals surface area contributed by atoms with E-state index >= 15 is 0 Å². The van der Waals surface area contributed by atoms with Gasteiger partial charge in [0.15, 0.2) is 0 Å². The Balaban J connectivity index is 0. The molecule has 0 aromatic carbocycles. The number of carboxylic acid groups (broad SMARTS) is 1. The van der Waals surface area contributed by atoms with Crippen molar-refractivity contribution in [1.82, 2.24) is 0 Å². The van der Waals surface area contributed by atoms with Gasteiger partial charge in [-0.25, -0.2) is 0 Å². The van der Waals surface area contributed by atoms with Gasteiger partial charge in [-0.2, -0.15) is 0 Å². The van der Waals surface area contributed by atoms with E-state index in [9.17, 15) is 9.90 Å². The molecule has 0 saturated heterocycles. The van der Waals surface area contributed by atoms with Gasteiger partial charge in [-0.05, 0) is 6.92 Å². The minimum Gasteiger partial charge on any atom is -0.550 e. The van der Waals surface area contributed by atoms with Crippen LogP contribution in [0, 0.1) is 5.92 Å². The Morgan fingerprint density at radius 1 is 1.67 bits per heavy atom. The first kappa shape index (κ1) is 11.9. The number of carboxylic acids is 1. The summed E-state index contributed by atoms with van der Waals surface area (Å²) in [6, 6.07) is 0. The quantitative estimate of drug-likeness (QED) is 0.299. The molecule has 0 radical (unpaired) electrons. The van der Waals surface area contributed by atoms with Crippen LogP contribution < -0.4 is 34.7 Å². The molecule has 0 spiro atoms. The van der Waals surface area contributed by atoms with Gasteiger partial charge >= 0.3 is 29.6 Å². The monoisotopic (exact) mass is 136 g/mol. The Kier molecular flexibility index (Phi) is 8.40. The molecule has 0 aliphatic carbocycles. The van der Waals surface area contributed by atoms with Crippen LogP contribution in [0.25, 0.3) is 0 Å². The molecule has 0 fully saturated rings. The van der Waals surface area contributed by atoms with Gasteiger partial charge in [-0.15, -0.1) is 0 Å². The molecule has 1 atom stereocenters. The number of rotatable bonds is 2. The van der Waals surface area contributed by atoms with Gasteiger partial charge in [0.25, 0.3) is 0 Å². The summed E-state index contributed by atoms with van der Waals surface area (Å²) in [7, 11) is 0. The molecule has 0 amide bonds. The molecule has 0 heterocycles. The van der Waals surface area contributed by atoms with Crippen molar-refractivity contribution < 1.29 is 39.5 Å². The van der Waals surface area contributed by atoms with E-state index < -0.39 is 11.9 Å². The zero-order valence-electron chi connectivity index (χ0n) is 6.05. The average Bonchev–Trinajstić information content (AvgIpc) is 1.67. The van der Waals surface area contributed by atoms with Crippen LogP contribution in [-0.2, 0) is 4.79 Å². The van der Waals surface area contributed by atoms with Crippen molar-refractivity contribution in [2.75, 3.05) is 0 Å².